The van der Waals surface area contributed by atoms with Gasteiger partial charge in [0.2, 0.25) is 0 Å². The van der Waals surface area contributed by atoms with Crippen LogP contribution in [0.4, 0.5) is 10.1 Å². The van der Waals surface area contributed by atoms with Crippen molar-refractivity contribution in [2.24, 2.45) is 0 Å². The molecule has 0 radical (unpaired) electrons. The number of anilines is 1. The van der Waals surface area contributed by atoms with Crippen molar-refractivity contribution in [2.45, 2.75) is 0 Å². The molecule has 0 saturated heterocycles. The average molecular weight is 285 g/mol. The molecule has 20 heavy (non-hydrogen) atoms. The van der Waals surface area contributed by atoms with Gasteiger partial charge in [-0.2, -0.15) is 0 Å². The molecule has 3 aromatic rings. The van der Waals surface area contributed by atoms with Crippen LogP contribution in [0.5, 0.6) is 10.8 Å². The molecule has 0 aliphatic carbocycles. The number of carbonyl (C=O) groups excluding carboxylic acids is 1. The van der Waals surface area contributed by atoms with Crippen LogP contribution in [0.1, 0.15) is 10.4 Å². The van der Waals surface area contributed by atoms with E-state index in [0.717, 1.165) is 10.1 Å². The summed E-state index contributed by atoms with van der Waals surface area (Å²) in [6.07, 6.45) is 0. The van der Waals surface area contributed by atoms with Crippen LogP contribution in [0.25, 0.3) is 10.1 Å². The number of hydrogen-bond acceptors (Lipinski definition) is 3. The van der Waals surface area contributed by atoms with Crippen molar-refractivity contribution in [1.82, 2.24) is 0 Å². The van der Waals surface area contributed by atoms with E-state index in [-0.39, 0.29) is 5.91 Å². The predicted octanol–water partition coefficient (Wildman–Crippen LogP) is 4.40. The number of carbonyl (C=O) groups is 1. The molecule has 0 unspecified atom stereocenters. The summed E-state index contributed by atoms with van der Waals surface area (Å²) >= 11 is 1.38. The molecule has 1 aliphatic heterocycles. The molecule has 2 heterocycles. The van der Waals surface area contributed by atoms with Gasteiger partial charge >= 0.3 is 0 Å². The highest BCUT2D eigenvalue weighted by Gasteiger charge is 2.25. The molecule has 1 amide bonds. The highest BCUT2D eigenvalue weighted by Crippen LogP contribution is 2.44. The lowest BCUT2D eigenvalue weighted by Gasteiger charge is -2.06. The molecule has 5 heteroatoms. The number of hydrogen-bond donors (Lipinski definition) is 1. The molecular weight excluding hydrogens is 277 g/mol. The zero-order valence-electron chi connectivity index (χ0n) is 10.1. The van der Waals surface area contributed by atoms with Crippen LogP contribution in [0, 0.1) is 5.82 Å². The van der Waals surface area contributed by atoms with Crippen molar-refractivity contribution in [3.8, 4) is 10.8 Å². The Labute approximate surface area is 117 Å². The van der Waals surface area contributed by atoms with Gasteiger partial charge in [-0.25, -0.2) is 4.39 Å². The number of rotatable bonds is 0. The normalized spacial score (nSPS) is 13.2. The molecule has 0 fully saturated rings. The quantitative estimate of drug-likeness (QED) is 0.665. The first-order valence-electron chi connectivity index (χ1n) is 6.02. The summed E-state index contributed by atoms with van der Waals surface area (Å²) in [5.74, 6) is -0.311. The van der Waals surface area contributed by atoms with Crippen molar-refractivity contribution in [3.05, 3.63) is 53.8 Å². The minimum Gasteiger partial charge on any atom is -0.443 e. The summed E-state index contributed by atoms with van der Waals surface area (Å²) in [5, 5.41) is 4.10. The molecule has 1 aromatic heterocycles. The fourth-order valence-electron chi connectivity index (χ4n) is 2.28. The second-order valence-electron chi connectivity index (χ2n) is 4.46. The van der Waals surface area contributed by atoms with E-state index in [4.69, 9.17) is 4.74 Å². The number of thiophene rings is 1. The topological polar surface area (TPSA) is 38.3 Å². The summed E-state index contributed by atoms with van der Waals surface area (Å²) in [7, 11) is 0. The van der Waals surface area contributed by atoms with Gasteiger partial charge in [0, 0.05) is 16.2 Å². The molecule has 0 atom stereocenters. The molecule has 98 valence electrons. The van der Waals surface area contributed by atoms with Gasteiger partial charge < -0.3 is 10.1 Å². The van der Waals surface area contributed by atoms with Crippen molar-refractivity contribution < 1.29 is 13.9 Å². The third-order valence-electron chi connectivity index (χ3n) is 3.18. The fourth-order valence-corrected chi connectivity index (χ4v) is 3.34. The molecular formula is C15H8FNO2S. The average Bonchev–Trinajstić information content (AvgIpc) is 2.73. The molecule has 3 nitrogen and oxygen atoms in total. The second-order valence-corrected chi connectivity index (χ2v) is 5.47. The van der Waals surface area contributed by atoms with Gasteiger partial charge in [-0.05, 0) is 18.2 Å². The zero-order chi connectivity index (χ0) is 13.7. The molecule has 4 rings (SSSR count). The highest BCUT2D eigenvalue weighted by molar-refractivity contribution is 7.21. The molecule has 0 spiro atoms. The van der Waals surface area contributed by atoms with E-state index in [9.17, 15) is 9.18 Å². The maximum atomic E-state index is 13.3. The van der Waals surface area contributed by atoms with Gasteiger partial charge in [-0.3, -0.25) is 4.79 Å². The Morgan fingerprint density at radius 3 is 2.90 bits per heavy atom. The third kappa shape index (κ3) is 1.60. The Bertz CT molecular complexity index is 856. The maximum Gasteiger partial charge on any atom is 0.261 e. The number of nitrogens with one attached hydrogen (secondary N) is 1. The SMILES string of the molecule is O=C1Nc2ccc(F)cc2Oc2sc3ccccc3c21. The van der Waals surface area contributed by atoms with Crippen LogP contribution >= 0.6 is 11.3 Å². The van der Waals surface area contributed by atoms with Crippen LogP contribution in [0.15, 0.2) is 42.5 Å². The highest BCUT2D eigenvalue weighted by atomic mass is 32.1. The van der Waals surface area contributed by atoms with Crippen molar-refractivity contribution in [2.75, 3.05) is 5.32 Å². The summed E-state index contributed by atoms with van der Waals surface area (Å²) in [4.78, 5) is 12.4. The van der Waals surface area contributed by atoms with E-state index in [1.165, 1.54) is 29.5 Å². The first-order chi connectivity index (χ1) is 9.72. The smallest absolute Gasteiger partial charge is 0.261 e. The first-order valence-corrected chi connectivity index (χ1v) is 6.84. The Balaban J connectivity index is 1.98. The van der Waals surface area contributed by atoms with Crippen LogP contribution < -0.4 is 10.1 Å². The lowest BCUT2D eigenvalue weighted by atomic mass is 10.1. The molecule has 0 bridgehead atoms. The second kappa shape index (κ2) is 4.05. The van der Waals surface area contributed by atoms with Crippen LogP contribution in [-0.4, -0.2) is 5.91 Å². The minimum absolute atomic E-state index is 0.234. The van der Waals surface area contributed by atoms with Crippen molar-refractivity contribution in [3.63, 3.8) is 0 Å². The van der Waals surface area contributed by atoms with E-state index in [1.54, 1.807) is 0 Å². The van der Waals surface area contributed by atoms with Crippen LogP contribution in [0.3, 0.4) is 0 Å². The number of amides is 1. The molecule has 1 aliphatic rings. The van der Waals surface area contributed by atoms with Crippen LogP contribution in [0.2, 0.25) is 0 Å². The number of halogens is 1. The van der Waals surface area contributed by atoms with E-state index in [2.05, 4.69) is 5.32 Å². The third-order valence-corrected chi connectivity index (χ3v) is 4.23. The first kappa shape index (κ1) is 11.4. The Morgan fingerprint density at radius 2 is 2.00 bits per heavy atom. The van der Waals surface area contributed by atoms with Crippen LogP contribution in [-0.2, 0) is 0 Å². The summed E-state index contributed by atoms with van der Waals surface area (Å²) in [6.45, 7) is 0. The standard InChI is InChI=1S/C15H8FNO2S/c16-8-5-6-10-11(7-8)19-15-13(14(18)17-10)9-3-1-2-4-12(9)20-15/h1-7H,(H,17,18). The van der Waals surface area contributed by atoms with Gasteiger partial charge in [0.15, 0.2) is 10.8 Å². The Morgan fingerprint density at radius 1 is 1.15 bits per heavy atom. The maximum absolute atomic E-state index is 13.3. The van der Waals surface area contributed by atoms with Gasteiger partial charge in [0.1, 0.15) is 11.4 Å². The monoisotopic (exact) mass is 285 g/mol. The summed E-state index contributed by atoms with van der Waals surface area (Å²) in [6, 6.07) is 11.7. The lowest BCUT2D eigenvalue weighted by molar-refractivity contribution is 0.102. The molecule has 1 N–H and O–H groups in total. The Kier molecular flexibility index (Phi) is 2.31. The predicted molar refractivity (Wildman–Crippen MR) is 76.3 cm³/mol. The zero-order valence-corrected chi connectivity index (χ0v) is 11.0. The fraction of sp³-hybridized carbons (Fsp3) is 0. The van der Waals surface area contributed by atoms with E-state index >= 15 is 0 Å². The lowest BCUT2D eigenvalue weighted by Crippen LogP contribution is -2.09. The van der Waals surface area contributed by atoms with Crippen molar-refractivity contribution in [1.29, 1.82) is 0 Å². The Hall–Kier alpha value is -2.40. The largest absolute Gasteiger partial charge is 0.443 e. The van der Waals surface area contributed by atoms with Gasteiger partial charge in [0.05, 0.1) is 5.69 Å². The van der Waals surface area contributed by atoms with Gasteiger partial charge in [0.25, 0.3) is 5.91 Å². The van der Waals surface area contributed by atoms with E-state index < -0.39 is 5.82 Å². The van der Waals surface area contributed by atoms with E-state index in [0.29, 0.717) is 22.1 Å². The number of fused-ring (bicyclic) bond motifs is 4. The van der Waals surface area contributed by atoms with Gasteiger partial charge in [-0.1, -0.05) is 29.5 Å². The number of ether oxygens (including phenoxy) is 1. The van der Waals surface area contributed by atoms with Gasteiger partial charge in [-0.15, -0.1) is 0 Å². The summed E-state index contributed by atoms with van der Waals surface area (Å²) < 4.78 is 20.0. The minimum atomic E-state index is -0.400. The number of benzene rings is 2. The van der Waals surface area contributed by atoms with Crippen molar-refractivity contribution >= 4 is 33.0 Å². The molecule has 0 saturated carbocycles. The summed E-state index contributed by atoms with van der Waals surface area (Å²) in [5.41, 5.74) is 0.978. The molecule has 2 aromatic carbocycles. The van der Waals surface area contributed by atoms with E-state index in [1.807, 2.05) is 24.3 Å².